The van der Waals surface area contributed by atoms with E-state index in [1.165, 1.54) is 0 Å². The highest BCUT2D eigenvalue weighted by atomic mass is 16.5. The summed E-state index contributed by atoms with van der Waals surface area (Å²) in [5.41, 5.74) is 0.977. The summed E-state index contributed by atoms with van der Waals surface area (Å²) in [6, 6.07) is 7.94. The van der Waals surface area contributed by atoms with Gasteiger partial charge >= 0.3 is 0 Å². The van der Waals surface area contributed by atoms with Gasteiger partial charge in [-0.05, 0) is 45.7 Å². The Morgan fingerprint density at radius 1 is 1.43 bits per heavy atom. The van der Waals surface area contributed by atoms with E-state index in [1.807, 2.05) is 31.2 Å². The summed E-state index contributed by atoms with van der Waals surface area (Å²) in [4.78, 5) is 14.5. The van der Waals surface area contributed by atoms with Crippen LogP contribution in [0, 0.1) is 0 Å². The van der Waals surface area contributed by atoms with Crippen molar-refractivity contribution in [3.05, 3.63) is 29.8 Å². The van der Waals surface area contributed by atoms with Gasteiger partial charge < -0.3 is 15.2 Å². The van der Waals surface area contributed by atoms with Crippen LogP contribution < -0.4 is 10.1 Å². The van der Waals surface area contributed by atoms with Gasteiger partial charge in [0.05, 0.1) is 25.8 Å². The summed E-state index contributed by atoms with van der Waals surface area (Å²) in [6.07, 6.45) is 2.55. The number of aliphatic hydroxyl groups is 1. The molecule has 1 fully saturated rings. The highest BCUT2D eigenvalue weighted by molar-refractivity contribution is 5.78. The lowest BCUT2D eigenvalue weighted by atomic mass is 10.1. The zero-order valence-corrected chi connectivity index (χ0v) is 14.3. The molecule has 1 saturated heterocycles. The molecule has 0 aliphatic carbocycles. The molecule has 0 radical (unpaired) electrons. The number of hydrogen-bond acceptors (Lipinski definition) is 4. The molecule has 0 saturated carbocycles. The molecule has 3 atom stereocenters. The van der Waals surface area contributed by atoms with Crippen molar-refractivity contribution in [3.63, 3.8) is 0 Å². The molecule has 2 rings (SSSR count). The summed E-state index contributed by atoms with van der Waals surface area (Å²) in [6.45, 7) is 5.08. The van der Waals surface area contributed by atoms with Crippen molar-refractivity contribution in [2.45, 2.75) is 51.3 Å². The third kappa shape index (κ3) is 4.94. The quantitative estimate of drug-likeness (QED) is 0.808. The van der Waals surface area contributed by atoms with Gasteiger partial charge in [0.15, 0.2) is 0 Å². The van der Waals surface area contributed by atoms with E-state index in [4.69, 9.17) is 4.74 Å². The van der Waals surface area contributed by atoms with Crippen molar-refractivity contribution >= 4 is 5.91 Å². The average molecular weight is 320 g/mol. The Hall–Kier alpha value is -1.59. The fourth-order valence-corrected chi connectivity index (χ4v) is 3.34. The number of para-hydroxylation sites is 1. The fraction of sp³-hybridized carbons (Fsp3) is 0.611. The van der Waals surface area contributed by atoms with Crippen LogP contribution in [0.15, 0.2) is 24.3 Å². The molecule has 1 aliphatic rings. The molecule has 0 spiro atoms. The highest BCUT2D eigenvalue weighted by Crippen LogP contribution is 2.25. The molecular weight excluding hydrogens is 292 g/mol. The van der Waals surface area contributed by atoms with Crippen molar-refractivity contribution in [3.8, 4) is 5.75 Å². The molecule has 0 aromatic heterocycles. The second-order valence-corrected chi connectivity index (χ2v) is 6.38. The number of amides is 1. The van der Waals surface area contributed by atoms with Crippen LogP contribution in [-0.4, -0.2) is 48.3 Å². The van der Waals surface area contributed by atoms with Gasteiger partial charge in [-0.1, -0.05) is 18.2 Å². The van der Waals surface area contributed by atoms with Crippen LogP contribution >= 0.6 is 0 Å². The van der Waals surface area contributed by atoms with Crippen LogP contribution in [0.1, 0.15) is 44.7 Å². The third-order valence-corrected chi connectivity index (χ3v) is 4.44. The van der Waals surface area contributed by atoms with Gasteiger partial charge in [-0.3, -0.25) is 9.69 Å². The van der Waals surface area contributed by atoms with Gasteiger partial charge in [0, 0.05) is 11.6 Å². The predicted octanol–water partition coefficient (Wildman–Crippen LogP) is 2.11. The lowest BCUT2D eigenvalue weighted by molar-refractivity contribution is -0.123. The number of carbonyl (C=O) groups excluding carboxylic acids is 1. The molecule has 1 aliphatic heterocycles. The number of aliphatic hydroxyl groups excluding tert-OH is 1. The number of likely N-dealkylation sites (tertiary alicyclic amines) is 1. The molecule has 3 unspecified atom stereocenters. The maximum absolute atomic E-state index is 12.4. The monoisotopic (exact) mass is 320 g/mol. The minimum absolute atomic E-state index is 0.0147. The normalized spacial score (nSPS) is 21.0. The van der Waals surface area contributed by atoms with Gasteiger partial charge in [-0.2, -0.15) is 0 Å². The average Bonchev–Trinajstić information content (AvgIpc) is 2.93. The van der Waals surface area contributed by atoms with E-state index in [1.54, 1.807) is 14.0 Å². The molecule has 1 aromatic carbocycles. The SMILES string of the molecule is COc1ccccc1C(C)NC(=O)CN1CCCC1CC(C)O. The minimum Gasteiger partial charge on any atom is -0.496 e. The largest absolute Gasteiger partial charge is 0.496 e. The van der Waals surface area contributed by atoms with E-state index >= 15 is 0 Å². The maximum atomic E-state index is 12.4. The second kappa shape index (κ2) is 8.31. The Bertz CT molecular complexity index is 519. The van der Waals surface area contributed by atoms with Crippen molar-refractivity contribution in [1.29, 1.82) is 0 Å². The van der Waals surface area contributed by atoms with E-state index in [0.29, 0.717) is 12.6 Å². The van der Waals surface area contributed by atoms with Crippen LogP contribution in [0.3, 0.4) is 0 Å². The number of hydrogen-bond donors (Lipinski definition) is 2. The third-order valence-electron chi connectivity index (χ3n) is 4.44. The van der Waals surface area contributed by atoms with Crippen LogP contribution in [0.4, 0.5) is 0 Å². The van der Waals surface area contributed by atoms with E-state index in [9.17, 15) is 9.90 Å². The van der Waals surface area contributed by atoms with Gasteiger partial charge in [0.1, 0.15) is 5.75 Å². The van der Waals surface area contributed by atoms with Gasteiger partial charge in [-0.25, -0.2) is 0 Å². The number of ether oxygens (including phenoxy) is 1. The minimum atomic E-state index is -0.323. The van der Waals surface area contributed by atoms with Crippen molar-refractivity contribution < 1.29 is 14.6 Å². The summed E-state index contributed by atoms with van der Waals surface area (Å²) in [7, 11) is 1.64. The Morgan fingerprint density at radius 2 is 2.17 bits per heavy atom. The lowest BCUT2D eigenvalue weighted by Crippen LogP contribution is -2.41. The van der Waals surface area contributed by atoms with Gasteiger partial charge in [0.25, 0.3) is 0 Å². The number of methoxy groups -OCH3 is 1. The molecule has 23 heavy (non-hydrogen) atoms. The fourth-order valence-electron chi connectivity index (χ4n) is 3.34. The molecule has 2 N–H and O–H groups in total. The van der Waals surface area contributed by atoms with Crippen LogP contribution in [0.25, 0.3) is 0 Å². The summed E-state index contributed by atoms with van der Waals surface area (Å²) < 4.78 is 5.35. The van der Waals surface area contributed by atoms with Crippen LogP contribution in [-0.2, 0) is 4.79 Å². The first kappa shape index (κ1) is 17.8. The van der Waals surface area contributed by atoms with E-state index in [2.05, 4.69) is 10.2 Å². The number of carbonyl (C=O) groups is 1. The zero-order chi connectivity index (χ0) is 16.8. The molecule has 128 valence electrons. The van der Waals surface area contributed by atoms with E-state index in [-0.39, 0.29) is 18.1 Å². The van der Waals surface area contributed by atoms with Crippen molar-refractivity contribution in [2.75, 3.05) is 20.2 Å². The topological polar surface area (TPSA) is 61.8 Å². The molecule has 5 heteroatoms. The van der Waals surface area contributed by atoms with E-state index < -0.39 is 0 Å². The smallest absolute Gasteiger partial charge is 0.234 e. The molecule has 1 heterocycles. The van der Waals surface area contributed by atoms with Crippen molar-refractivity contribution in [1.82, 2.24) is 10.2 Å². The Kier molecular flexibility index (Phi) is 6.42. The molecule has 5 nitrogen and oxygen atoms in total. The van der Waals surface area contributed by atoms with Gasteiger partial charge in [0.2, 0.25) is 5.91 Å². The highest BCUT2D eigenvalue weighted by Gasteiger charge is 2.27. The van der Waals surface area contributed by atoms with E-state index in [0.717, 1.165) is 37.1 Å². The summed E-state index contributed by atoms with van der Waals surface area (Å²) >= 11 is 0. The number of benzene rings is 1. The standard InChI is InChI=1S/C18H28N2O3/c1-13(21)11-15-7-6-10-20(15)12-18(22)19-14(2)16-8-4-5-9-17(16)23-3/h4-5,8-9,13-15,21H,6-7,10-12H2,1-3H3,(H,19,22). The molecule has 1 amide bonds. The van der Waals surface area contributed by atoms with Crippen molar-refractivity contribution in [2.24, 2.45) is 0 Å². The Balaban J connectivity index is 1.91. The molecular formula is C18H28N2O3. The lowest BCUT2D eigenvalue weighted by Gasteiger charge is -2.26. The Morgan fingerprint density at radius 3 is 2.87 bits per heavy atom. The van der Waals surface area contributed by atoms with Gasteiger partial charge in [-0.15, -0.1) is 0 Å². The molecule has 1 aromatic rings. The summed E-state index contributed by atoms with van der Waals surface area (Å²) in [5, 5.41) is 12.6. The molecule has 0 bridgehead atoms. The Labute approximate surface area is 138 Å². The number of nitrogens with one attached hydrogen (secondary N) is 1. The van der Waals surface area contributed by atoms with Crippen LogP contribution in [0.5, 0.6) is 5.75 Å². The first-order chi connectivity index (χ1) is 11.0. The summed E-state index contributed by atoms with van der Waals surface area (Å²) in [5.74, 6) is 0.800. The second-order valence-electron chi connectivity index (χ2n) is 6.38. The predicted molar refractivity (Wildman–Crippen MR) is 90.4 cm³/mol. The van der Waals surface area contributed by atoms with Crippen LogP contribution in [0.2, 0.25) is 0 Å². The number of rotatable bonds is 7. The first-order valence-corrected chi connectivity index (χ1v) is 8.35. The number of nitrogens with zero attached hydrogens (tertiary/aromatic N) is 1. The first-order valence-electron chi connectivity index (χ1n) is 8.35. The zero-order valence-electron chi connectivity index (χ0n) is 14.3. The maximum Gasteiger partial charge on any atom is 0.234 e.